The molecule has 0 N–H and O–H groups in total. The number of piperidine rings is 1. The number of hydrogen-bond donors (Lipinski definition) is 0. The Morgan fingerprint density at radius 2 is 1.96 bits per heavy atom. The topological polar surface area (TPSA) is 21.7 Å². The average Bonchev–Trinajstić information content (AvgIpc) is 3.06. The van der Waals surface area contributed by atoms with Crippen molar-refractivity contribution in [2.75, 3.05) is 37.8 Å². The molecule has 6 heteroatoms. The molecule has 2 fully saturated rings. The Balaban J connectivity index is 1.50. The van der Waals surface area contributed by atoms with Crippen LogP contribution in [0.15, 0.2) is 24.3 Å². The fourth-order valence-electron chi connectivity index (χ4n) is 3.15. The normalized spacial score (nSPS) is 23.4. The smallest absolute Gasteiger partial charge is 0.381 e. The largest absolute Gasteiger partial charge is 0.416 e. The molecule has 2 aliphatic heterocycles. The highest BCUT2D eigenvalue weighted by atomic mass is 19.4. The first kappa shape index (κ1) is 16.6. The van der Waals surface area contributed by atoms with Crippen LogP contribution in [0.3, 0.4) is 0 Å². The molecule has 3 rings (SSSR count). The third kappa shape index (κ3) is 4.38. The van der Waals surface area contributed by atoms with Crippen LogP contribution in [0.25, 0.3) is 0 Å². The number of anilines is 1. The molecule has 1 aromatic rings. The Morgan fingerprint density at radius 1 is 1.17 bits per heavy atom. The molecule has 1 aromatic carbocycles. The maximum Gasteiger partial charge on any atom is 0.416 e. The summed E-state index contributed by atoms with van der Waals surface area (Å²) in [5, 5.41) is 0. The Morgan fingerprint density at radius 3 is 2.61 bits per heavy atom. The van der Waals surface area contributed by atoms with Gasteiger partial charge in [-0.15, -0.1) is 0 Å². The first-order valence-electron chi connectivity index (χ1n) is 8.14. The zero-order chi connectivity index (χ0) is 16.3. The maximum atomic E-state index is 12.8. The van der Waals surface area contributed by atoms with Crippen LogP contribution in [0.4, 0.5) is 18.9 Å². The lowest BCUT2D eigenvalue weighted by Gasteiger charge is -2.34. The molecule has 2 saturated heterocycles. The number of halogens is 3. The third-order valence-electron chi connectivity index (χ3n) is 4.57. The lowest BCUT2D eigenvalue weighted by atomic mass is 10.1. The summed E-state index contributed by atoms with van der Waals surface area (Å²) in [4.78, 5) is 2.01. The molecule has 2 aliphatic rings. The molecule has 0 radical (unpaired) electrons. The monoisotopic (exact) mass is 329 g/mol. The Kier molecular flexibility index (Phi) is 5.11. The fourth-order valence-corrected chi connectivity index (χ4v) is 3.15. The summed E-state index contributed by atoms with van der Waals surface area (Å²) in [7, 11) is 0. The Labute approximate surface area is 134 Å². The lowest BCUT2D eigenvalue weighted by molar-refractivity contribution is -0.137. The molecule has 128 valence electrons. The first-order valence-corrected chi connectivity index (χ1v) is 8.14. The van der Waals surface area contributed by atoms with Gasteiger partial charge in [0.05, 0.1) is 24.9 Å². The molecule has 1 atom stereocenters. The van der Waals surface area contributed by atoms with Crippen molar-refractivity contribution in [1.29, 1.82) is 0 Å². The van der Waals surface area contributed by atoms with Crippen LogP contribution in [-0.4, -0.2) is 39.0 Å². The molecule has 2 heterocycles. The van der Waals surface area contributed by atoms with E-state index in [2.05, 4.69) is 0 Å². The van der Waals surface area contributed by atoms with E-state index in [1.54, 1.807) is 6.07 Å². The number of benzene rings is 1. The minimum atomic E-state index is -4.29. The van der Waals surface area contributed by atoms with Crippen molar-refractivity contribution < 1.29 is 22.6 Å². The number of nitrogens with zero attached hydrogens (tertiary/aromatic N) is 1. The second kappa shape index (κ2) is 7.09. The summed E-state index contributed by atoms with van der Waals surface area (Å²) in [6, 6.07) is 5.56. The van der Waals surface area contributed by atoms with Crippen LogP contribution < -0.4 is 4.90 Å². The van der Waals surface area contributed by atoms with Crippen molar-refractivity contribution in [1.82, 2.24) is 0 Å². The second-order valence-electron chi connectivity index (χ2n) is 6.30. The highest BCUT2D eigenvalue weighted by Crippen LogP contribution is 2.32. The predicted molar refractivity (Wildman–Crippen MR) is 81.6 cm³/mol. The van der Waals surface area contributed by atoms with Crippen LogP contribution >= 0.6 is 0 Å². The zero-order valence-electron chi connectivity index (χ0n) is 13.0. The van der Waals surface area contributed by atoms with Crippen molar-refractivity contribution in [2.45, 2.75) is 31.5 Å². The predicted octanol–water partition coefficient (Wildman–Crippen LogP) is 3.73. The molecule has 0 aliphatic carbocycles. The van der Waals surface area contributed by atoms with Crippen LogP contribution in [-0.2, 0) is 15.7 Å². The van der Waals surface area contributed by atoms with Crippen LogP contribution in [0.5, 0.6) is 0 Å². The fraction of sp³-hybridized carbons (Fsp3) is 0.647. The minimum Gasteiger partial charge on any atom is -0.381 e. The van der Waals surface area contributed by atoms with Crippen molar-refractivity contribution in [3.63, 3.8) is 0 Å². The molecular formula is C17H22F3NO2. The SMILES string of the molecule is FC(F)(F)c1cccc(N2CCC(OCC3CCOC3)CC2)c1. The van der Waals surface area contributed by atoms with Crippen LogP contribution in [0.2, 0.25) is 0 Å². The number of rotatable bonds is 4. The van der Waals surface area contributed by atoms with Crippen LogP contribution in [0, 0.1) is 5.92 Å². The van der Waals surface area contributed by atoms with Gasteiger partial charge in [0.25, 0.3) is 0 Å². The molecule has 0 bridgehead atoms. The summed E-state index contributed by atoms with van der Waals surface area (Å²) in [6.45, 7) is 3.79. The summed E-state index contributed by atoms with van der Waals surface area (Å²) in [5.74, 6) is 0.497. The van der Waals surface area contributed by atoms with E-state index < -0.39 is 11.7 Å². The van der Waals surface area contributed by atoms with Gasteiger partial charge in [-0.3, -0.25) is 0 Å². The molecule has 23 heavy (non-hydrogen) atoms. The second-order valence-corrected chi connectivity index (χ2v) is 6.30. The molecule has 0 aromatic heterocycles. The quantitative estimate of drug-likeness (QED) is 0.840. The van der Waals surface area contributed by atoms with Crippen LogP contribution in [0.1, 0.15) is 24.8 Å². The van der Waals surface area contributed by atoms with Crippen molar-refractivity contribution in [3.05, 3.63) is 29.8 Å². The van der Waals surface area contributed by atoms with Crippen molar-refractivity contribution in [3.8, 4) is 0 Å². The molecule has 0 spiro atoms. The number of ether oxygens (including phenoxy) is 2. The minimum absolute atomic E-state index is 0.206. The van der Waals surface area contributed by atoms with Gasteiger partial charge in [-0.2, -0.15) is 13.2 Å². The molecule has 3 nitrogen and oxygen atoms in total. The van der Waals surface area contributed by atoms with Gasteiger partial charge in [-0.05, 0) is 37.5 Å². The molecule has 0 saturated carbocycles. The summed E-state index contributed by atoms with van der Waals surface area (Å²) in [6.07, 6.45) is -1.32. The van der Waals surface area contributed by atoms with E-state index in [-0.39, 0.29) is 6.10 Å². The zero-order valence-corrected chi connectivity index (χ0v) is 13.0. The maximum absolute atomic E-state index is 12.8. The van der Waals surface area contributed by atoms with E-state index in [1.807, 2.05) is 4.90 Å². The van der Waals surface area contributed by atoms with E-state index in [0.29, 0.717) is 11.6 Å². The lowest BCUT2D eigenvalue weighted by Crippen LogP contribution is -2.37. The third-order valence-corrected chi connectivity index (χ3v) is 4.57. The van der Waals surface area contributed by atoms with E-state index >= 15 is 0 Å². The van der Waals surface area contributed by atoms with E-state index in [0.717, 1.165) is 58.2 Å². The van der Waals surface area contributed by atoms with Gasteiger partial charge in [0.2, 0.25) is 0 Å². The molecule has 0 amide bonds. The van der Waals surface area contributed by atoms with Gasteiger partial charge in [0, 0.05) is 31.3 Å². The molecule has 1 unspecified atom stereocenters. The number of alkyl halides is 3. The van der Waals surface area contributed by atoms with Crippen molar-refractivity contribution in [2.24, 2.45) is 5.92 Å². The first-order chi connectivity index (χ1) is 11.0. The van der Waals surface area contributed by atoms with Gasteiger partial charge in [-0.25, -0.2) is 0 Å². The van der Waals surface area contributed by atoms with E-state index in [4.69, 9.17) is 9.47 Å². The Hall–Kier alpha value is -1.27. The average molecular weight is 329 g/mol. The van der Waals surface area contributed by atoms with E-state index in [1.165, 1.54) is 12.1 Å². The highest BCUT2D eigenvalue weighted by Gasteiger charge is 2.31. The molecular weight excluding hydrogens is 307 g/mol. The Bertz CT molecular complexity index is 507. The number of hydrogen-bond acceptors (Lipinski definition) is 3. The van der Waals surface area contributed by atoms with Gasteiger partial charge >= 0.3 is 6.18 Å². The standard InChI is InChI=1S/C17H22F3NO2/c18-17(19,20)14-2-1-3-15(10-14)21-7-4-16(5-8-21)23-12-13-6-9-22-11-13/h1-3,10,13,16H,4-9,11-12H2. The highest BCUT2D eigenvalue weighted by molar-refractivity contribution is 5.49. The van der Waals surface area contributed by atoms with Gasteiger partial charge < -0.3 is 14.4 Å². The van der Waals surface area contributed by atoms with Gasteiger partial charge in [0.1, 0.15) is 0 Å². The van der Waals surface area contributed by atoms with Gasteiger partial charge in [-0.1, -0.05) is 6.07 Å². The van der Waals surface area contributed by atoms with Crippen molar-refractivity contribution >= 4 is 5.69 Å². The summed E-state index contributed by atoms with van der Waals surface area (Å²) >= 11 is 0. The van der Waals surface area contributed by atoms with E-state index in [9.17, 15) is 13.2 Å². The summed E-state index contributed by atoms with van der Waals surface area (Å²) in [5.41, 5.74) is 0.0528. The summed E-state index contributed by atoms with van der Waals surface area (Å²) < 4.78 is 49.7. The van der Waals surface area contributed by atoms with Gasteiger partial charge in [0.15, 0.2) is 0 Å².